The van der Waals surface area contributed by atoms with Gasteiger partial charge in [0.2, 0.25) is 0 Å². The third-order valence-corrected chi connectivity index (χ3v) is 7.12. The maximum absolute atomic E-state index is 13.1. The van der Waals surface area contributed by atoms with Gasteiger partial charge in [0, 0.05) is 43.5 Å². The number of hydrogen-bond donors (Lipinski definition) is 0. The van der Waals surface area contributed by atoms with Crippen molar-refractivity contribution in [1.82, 2.24) is 24.7 Å². The van der Waals surface area contributed by atoms with Crippen LogP contribution in [0.2, 0.25) is 0 Å². The second-order valence-electron chi connectivity index (χ2n) is 9.36. The summed E-state index contributed by atoms with van der Waals surface area (Å²) in [7, 11) is 0. The van der Waals surface area contributed by atoms with Gasteiger partial charge in [-0.15, -0.1) is 0 Å². The molecule has 0 saturated carbocycles. The summed E-state index contributed by atoms with van der Waals surface area (Å²) in [5, 5.41) is 4.62. The zero-order valence-corrected chi connectivity index (χ0v) is 18.2. The van der Waals surface area contributed by atoms with Gasteiger partial charge in [0.15, 0.2) is 5.65 Å². The van der Waals surface area contributed by atoms with Gasteiger partial charge in [-0.05, 0) is 31.9 Å². The number of halogens is 3. The van der Waals surface area contributed by atoms with E-state index >= 15 is 0 Å². The van der Waals surface area contributed by atoms with E-state index in [1.54, 1.807) is 6.07 Å². The van der Waals surface area contributed by atoms with Crippen LogP contribution >= 0.6 is 0 Å². The van der Waals surface area contributed by atoms with Crippen LogP contribution in [0.25, 0.3) is 11.2 Å². The first-order valence-corrected chi connectivity index (χ1v) is 11.1. The standard InChI is InChI=1S/C22H24F3N7O/c1-14-19-20(32(29-14)16-10-33-11-16)28-18(9-27-19)31-7-4-21(13-31)3-6-30(12-21)15-2-5-26-17(8-15)22(23,24)25/h2,5,8-9,16H,3-4,6-7,10-13H2,1H3. The number of aryl methyl sites for hydroxylation is 1. The number of anilines is 2. The van der Waals surface area contributed by atoms with Crippen LogP contribution in [0.3, 0.4) is 0 Å². The van der Waals surface area contributed by atoms with Crippen LogP contribution < -0.4 is 9.80 Å². The summed E-state index contributed by atoms with van der Waals surface area (Å²) in [6.07, 6.45) is 0.510. The average molecular weight is 459 g/mol. The molecule has 0 N–H and O–H groups in total. The molecule has 1 atom stereocenters. The Morgan fingerprint density at radius 1 is 1.09 bits per heavy atom. The average Bonchev–Trinajstić information content (AvgIpc) is 3.45. The molecule has 6 rings (SSSR count). The van der Waals surface area contributed by atoms with Crippen LogP contribution in [0.5, 0.6) is 0 Å². The van der Waals surface area contributed by atoms with Crippen molar-refractivity contribution >= 4 is 22.7 Å². The van der Waals surface area contributed by atoms with Crippen LogP contribution in [0.15, 0.2) is 24.5 Å². The Morgan fingerprint density at radius 2 is 1.85 bits per heavy atom. The van der Waals surface area contributed by atoms with Crippen molar-refractivity contribution in [2.45, 2.75) is 32.0 Å². The molecule has 8 nitrogen and oxygen atoms in total. The van der Waals surface area contributed by atoms with E-state index in [9.17, 15) is 13.2 Å². The number of nitrogens with zero attached hydrogens (tertiary/aromatic N) is 7. The molecule has 3 fully saturated rings. The Kier molecular flexibility index (Phi) is 4.55. The first kappa shape index (κ1) is 20.6. The number of alkyl halides is 3. The minimum atomic E-state index is -4.44. The topological polar surface area (TPSA) is 72.2 Å². The molecule has 3 aromatic heterocycles. The summed E-state index contributed by atoms with van der Waals surface area (Å²) >= 11 is 0. The highest BCUT2D eigenvalue weighted by Gasteiger charge is 2.44. The third-order valence-electron chi connectivity index (χ3n) is 7.12. The van der Waals surface area contributed by atoms with Crippen LogP contribution in [-0.4, -0.2) is 64.1 Å². The van der Waals surface area contributed by atoms with E-state index in [1.807, 2.05) is 22.7 Å². The molecule has 0 radical (unpaired) electrons. The predicted octanol–water partition coefficient (Wildman–Crippen LogP) is 3.23. The number of ether oxygens (including phenoxy) is 1. The molecule has 0 aliphatic carbocycles. The second kappa shape index (κ2) is 7.28. The second-order valence-corrected chi connectivity index (χ2v) is 9.36. The maximum Gasteiger partial charge on any atom is 0.433 e. The lowest BCUT2D eigenvalue weighted by molar-refractivity contribution is -0.141. The van der Waals surface area contributed by atoms with E-state index in [0.29, 0.717) is 18.9 Å². The van der Waals surface area contributed by atoms with E-state index < -0.39 is 11.9 Å². The molecule has 3 aliphatic rings. The number of pyridine rings is 1. The van der Waals surface area contributed by atoms with Crippen LogP contribution in [0.4, 0.5) is 24.7 Å². The Labute approximate surface area is 188 Å². The highest BCUT2D eigenvalue weighted by atomic mass is 19.4. The van der Waals surface area contributed by atoms with E-state index in [1.165, 1.54) is 6.20 Å². The Morgan fingerprint density at radius 3 is 2.58 bits per heavy atom. The minimum Gasteiger partial charge on any atom is -0.377 e. The summed E-state index contributed by atoms with van der Waals surface area (Å²) in [4.78, 5) is 17.3. The molecule has 33 heavy (non-hydrogen) atoms. The van der Waals surface area contributed by atoms with E-state index in [-0.39, 0.29) is 11.5 Å². The zero-order valence-electron chi connectivity index (χ0n) is 18.2. The molecule has 3 aliphatic heterocycles. The number of fused-ring (bicyclic) bond motifs is 1. The SMILES string of the molecule is Cc1nn(C2COC2)c2nc(N3CCC4(CCN(c5ccnc(C(F)(F)F)c5)C4)C3)cnc12. The monoisotopic (exact) mass is 459 g/mol. The summed E-state index contributed by atoms with van der Waals surface area (Å²) in [5.41, 5.74) is 2.21. The third kappa shape index (κ3) is 3.49. The smallest absolute Gasteiger partial charge is 0.377 e. The Hall–Kier alpha value is -2.95. The zero-order chi connectivity index (χ0) is 22.8. The number of rotatable bonds is 3. The molecule has 3 saturated heterocycles. The molecule has 0 bridgehead atoms. The molecule has 6 heterocycles. The van der Waals surface area contributed by atoms with Gasteiger partial charge in [0.25, 0.3) is 0 Å². The molecule has 0 aromatic carbocycles. The van der Waals surface area contributed by atoms with Crippen molar-refractivity contribution in [3.05, 3.63) is 35.9 Å². The Balaban J connectivity index is 1.21. The van der Waals surface area contributed by atoms with Crippen molar-refractivity contribution < 1.29 is 17.9 Å². The maximum atomic E-state index is 13.1. The van der Waals surface area contributed by atoms with Crippen molar-refractivity contribution in [3.63, 3.8) is 0 Å². The molecule has 11 heteroatoms. The van der Waals surface area contributed by atoms with Gasteiger partial charge in [0.1, 0.15) is 23.1 Å². The van der Waals surface area contributed by atoms with Crippen molar-refractivity contribution in [2.75, 3.05) is 49.2 Å². The largest absolute Gasteiger partial charge is 0.433 e. The Bertz CT molecular complexity index is 1210. The van der Waals surface area contributed by atoms with Gasteiger partial charge >= 0.3 is 6.18 Å². The number of aromatic nitrogens is 5. The minimum absolute atomic E-state index is 0.0241. The predicted molar refractivity (Wildman–Crippen MR) is 115 cm³/mol. The first-order chi connectivity index (χ1) is 15.8. The van der Waals surface area contributed by atoms with Crippen LogP contribution in [-0.2, 0) is 10.9 Å². The summed E-state index contributed by atoms with van der Waals surface area (Å²) in [5.74, 6) is 0.822. The van der Waals surface area contributed by atoms with E-state index in [4.69, 9.17) is 9.72 Å². The molecule has 174 valence electrons. The van der Waals surface area contributed by atoms with Gasteiger partial charge < -0.3 is 14.5 Å². The lowest BCUT2D eigenvalue weighted by Gasteiger charge is -2.27. The van der Waals surface area contributed by atoms with Gasteiger partial charge in [-0.1, -0.05) is 0 Å². The first-order valence-electron chi connectivity index (χ1n) is 11.1. The quantitative estimate of drug-likeness (QED) is 0.596. The van der Waals surface area contributed by atoms with Gasteiger partial charge in [-0.2, -0.15) is 18.3 Å². The molecule has 3 aromatic rings. The van der Waals surface area contributed by atoms with Gasteiger partial charge in [0.05, 0.1) is 25.1 Å². The molecule has 0 amide bonds. The van der Waals surface area contributed by atoms with Crippen LogP contribution in [0, 0.1) is 12.3 Å². The van der Waals surface area contributed by atoms with E-state index in [2.05, 4.69) is 20.0 Å². The van der Waals surface area contributed by atoms with Crippen molar-refractivity contribution in [2.24, 2.45) is 5.41 Å². The summed E-state index contributed by atoms with van der Waals surface area (Å²) in [6.45, 7) is 6.31. The van der Waals surface area contributed by atoms with Crippen molar-refractivity contribution in [1.29, 1.82) is 0 Å². The highest BCUT2D eigenvalue weighted by Crippen LogP contribution is 2.43. The fraction of sp³-hybridized carbons (Fsp3) is 0.545. The molecular formula is C22H24F3N7O. The van der Waals surface area contributed by atoms with E-state index in [0.717, 1.165) is 67.8 Å². The normalized spacial score (nSPS) is 23.8. The summed E-state index contributed by atoms with van der Waals surface area (Å²) in [6, 6.07) is 3.01. The van der Waals surface area contributed by atoms with Crippen LogP contribution in [0.1, 0.15) is 30.3 Å². The van der Waals surface area contributed by atoms with Gasteiger partial charge in [-0.3, -0.25) is 4.98 Å². The van der Waals surface area contributed by atoms with Gasteiger partial charge in [-0.25, -0.2) is 14.6 Å². The molecule has 1 unspecified atom stereocenters. The molecule has 1 spiro atoms. The number of hydrogen-bond acceptors (Lipinski definition) is 7. The molecular weight excluding hydrogens is 435 g/mol. The van der Waals surface area contributed by atoms with Crippen molar-refractivity contribution in [3.8, 4) is 0 Å². The lowest BCUT2D eigenvalue weighted by Crippen LogP contribution is -2.32. The lowest BCUT2D eigenvalue weighted by atomic mass is 9.86. The fourth-order valence-corrected chi connectivity index (χ4v) is 5.20. The highest BCUT2D eigenvalue weighted by molar-refractivity contribution is 5.75. The summed E-state index contributed by atoms with van der Waals surface area (Å²) < 4.78 is 46.5. The fourth-order valence-electron chi connectivity index (χ4n) is 5.20.